The highest BCUT2D eigenvalue weighted by atomic mass is 35.7. The summed E-state index contributed by atoms with van der Waals surface area (Å²) in [5.41, 5.74) is 0. The predicted octanol–water partition coefficient (Wildman–Crippen LogP) is 0.889. The Balaban J connectivity index is 0. The van der Waals surface area contributed by atoms with Gasteiger partial charge in [0.05, 0.1) is 0 Å². The predicted molar refractivity (Wildman–Crippen MR) is 24.3 cm³/mol. The lowest BCUT2D eigenvalue weighted by atomic mass is 15.9. The number of halogens is 1. The summed E-state index contributed by atoms with van der Waals surface area (Å²) in [5, 5.41) is 0. The summed E-state index contributed by atoms with van der Waals surface area (Å²) in [5.74, 6) is 0. The van der Waals surface area contributed by atoms with Crippen molar-refractivity contribution < 1.29 is 13.0 Å². The Hall–Kier alpha value is 0.630. The van der Waals surface area contributed by atoms with Crippen LogP contribution >= 0.6 is 20.6 Å². The minimum absolute atomic E-state index is 0. The molecule has 0 amide bonds. The highest BCUT2D eigenvalue weighted by Gasteiger charge is 1.86. The summed E-state index contributed by atoms with van der Waals surface area (Å²) in [7, 11) is -0.137. The van der Waals surface area contributed by atoms with E-state index in [0.29, 0.717) is 0 Å². The van der Waals surface area contributed by atoms with Gasteiger partial charge in [-0.05, 0) is 0 Å². The maximum Gasteiger partial charge on any atom is 0.353 e. The van der Waals surface area contributed by atoms with Gasteiger partial charge in [-0.3, -0.25) is 4.55 Å². The molecule has 0 bridgehead atoms. The molecule has 0 spiro atoms. The highest BCUT2D eigenvalue weighted by molar-refractivity contribution is 8.09. The second-order valence-electron chi connectivity index (χ2n) is 0.412. The Labute approximate surface area is 43.6 Å². The average molecular weight is 147 g/mol. The molecule has 0 atom stereocenters. The van der Waals surface area contributed by atoms with Crippen LogP contribution in [0.25, 0.3) is 0 Å². The van der Waals surface area contributed by atoms with Gasteiger partial charge in [0.2, 0.25) is 0 Å². The molecule has 0 fully saturated rings. The monoisotopic (exact) mass is 147 g/mol. The minimum Gasteiger partial charge on any atom is -0.273 e. The summed E-state index contributed by atoms with van der Waals surface area (Å²) >= 11 is 0. The molecule has 0 aliphatic rings. The van der Waals surface area contributed by atoms with Gasteiger partial charge >= 0.3 is 9.33 Å². The number of rotatable bonds is 0. The van der Waals surface area contributed by atoms with Crippen LogP contribution in [0.4, 0.5) is 0 Å². The first-order valence-electron chi connectivity index (χ1n) is 0.670. The van der Waals surface area contributed by atoms with Crippen molar-refractivity contribution in [2.45, 2.75) is 0 Å². The first kappa shape index (κ1) is 9.80. The SMILES string of the molecule is O=S(=O)(O)Cl.[P]. The average Bonchev–Trinajstić information content (AvgIpc) is 0.722. The van der Waals surface area contributed by atoms with Gasteiger partial charge in [-0.25, -0.2) is 0 Å². The second-order valence-corrected chi connectivity index (χ2v) is 2.41. The van der Waals surface area contributed by atoms with Crippen molar-refractivity contribution in [1.82, 2.24) is 0 Å². The van der Waals surface area contributed by atoms with Crippen LogP contribution in [-0.4, -0.2) is 13.0 Å². The van der Waals surface area contributed by atoms with Crippen molar-refractivity contribution >= 4 is 29.9 Å². The molecule has 0 aliphatic carbocycles. The summed E-state index contributed by atoms with van der Waals surface area (Å²) in [4.78, 5) is 0. The van der Waals surface area contributed by atoms with E-state index in [1.54, 1.807) is 0 Å². The van der Waals surface area contributed by atoms with Crippen molar-refractivity contribution in [1.29, 1.82) is 0 Å². The third kappa shape index (κ3) is 154. The van der Waals surface area contributed by atoms with Crippen LogP contribution in [0.2, 0.25) is 0 Å². The second kappa shape index (κ2) is 2.75. The largest absolute Gasteiger partial charge is 0.353 e. The first-order valence-corrected chi connectivity index (χ1v) is 2.94. The molecule has 0 saturated heterocycles. The van der Waals surface area contributed by atoms with Crippen molar-refractivity contribution in [3.63, 3.8) is 0 Å². The Morgan fingerprint density at radius 3 is 1.50 bits per heavy atom. The Kier molecular flexibility index (Phi) is 4.49. The van der Waals surface area contributed by atoms with Gasteiger partial charge < -0.3 is 0 Å². The minimum atomic E-state index is -4.19. The molecule has 0 heterocycles. The van der Waals surface area contributed by atoms with E-state index in [4.69, 9.17) is 13.0 Å². The first-order chi connectivity index (χ1) is 2.00. The van der Waals surface area contributed by atoms with Gasteiger partial charge in [0.25, 0.3) is 0 Å². The van der Waals surface area contributed by atoms with E-state index in [1.165, 1.54) is 0 Å². The number of hydrogen-bond acceptors (Lipinski definition) is 2. The topological polar surface area (TPSA) is 54.4 Å². The molecule has 0 aromatic heterocycles. The van der Waals surface area contributed by atoms with E-state index in [-0.39, 0.29) is 9.90 Å². The third-order valence-corrected chi connectivity index (χ3v) is 0. The molecular formula is HClO3PS. The molecule has 0 aromatic rings. The molecule has 0 saturated carbocycles. The normalized spacial score (nSPS) is 9.67. The van der Waals surface area contributed by atoms with Crippen LogP contribution in [0.5, 0.6) is 0 Å². The fourth-order valence-electron chi connectivity index (χ4n) is 0. The molecule has 6 heteroatoms. The van der Waals surface area contributed by atoms with Crippen molar-refractivity contribution in [3.8, 4) is 0 Å². The lowest BCUT2D eigenvalue weighted by molar-refractivity contribution is 0.501. The fourth-order valence-corrected chi connectivity index (χ4v) is 0. The van der Waals surface area contributed by atoms with Gasteiger partial charge in [0, 0.05) is 20.6 Å². The van der Waals surface area contributed by atoms with Crippen LogP contribution in [0.15, 0.2) is 0 Å². The highest BCUT2D eigenvalue weighted by Crippen LogP contribution is 1.82. The Morgan fingerprint density at radius 2 is 1.50 bits per heavy atom. The Bertz CT molecular complexity index is 94.0. The molecule has 3 radical (unpaired) electrons. The van der Waals surface area contributed by atoms with E-state index in [2.05, 4.69) is 10.7 Å². The van der Waals surface area contributed by atoms with Gasteiger partial charge in [-0.2, -0.15) is 8.42 Å². The molecule has 37 valence electrons. The van der Waals surface area contributed by atoms with Gasteiger partial charge in [0.1, 0.15) is 0 Å². The lowest BCUT2D eigenvalue weighted by Crippen LogP contribution is -1.77. The molecule has 0 unspecified atom stereocenters. The molecule has 6 heavy (non-hydrogen) atoms. The molecule has 1 N–H and O–H groups in total. The summed E-state index contributed by atoms with van der Waals surface area (Å²) in [6.07, 6.45) is 0. The third-order valence-electron chi connectivity index (χ3n) is 0. The van der Waals surface area contributed by atoms with Gasteiger partial charge in [-0.1, -0.05) is 0 Å². The van der Waals surface area contributed by atoms with E-state index >= 15 is 0 Å². The lowest BCUT2D eigenvalue weighted by Gasteiger charge is -1.65. The molecule has 0 aromatic carbocycles. The van der Waals surface area contributed by atoms with Gasteiger partial charge in [0.15, 0.2) is 0 Å². The zero-order valence-electron chi connectivity index (χ0n) is 2.50. The van der Waals surface area contributed by atoms with Crippen LogP contribution < -0.4 is 0 Å². The molecule has 0 rings (SSSR count). The summed E-state index contributed by atoms with van der Waals surface area (Å²) in [6.45, 7) is 0. The zero-order valence-corrected chi connectivity index (χ0v) is 4.96. The quantitative estimate of drug-likeness (QED) is 0.315. The van der Waals surface area contributed by atoms with Crippen LogP contribution in [0.1, 0.15) is 0 Å². The van der Waals surface area contributed by atoms with Crippen molar-refractivity contribution in [2.75, 3.05) is 0 Å². The van der Waals surface area contributed by atoms with Crippen LogP contribution in [0, 0.1) is 0 Å². The maximum absolute atomic E-state index is 8.95. The van der Waals surface area contributed by atoms with Crippen molar-refractivity contribution in [3.05, 3.63) is 0 Å². The van der Waals surface area contributed by atoms with E-state index in [0.717, 1.165) is 0 Å². The fraction of sp³-hybridized carbons (Fsp3) is 0. The molecule has 0 aliphatic heterocycles. The van der Waals surface area contributed by atoms with E-state index in [1.807, 2.05) is 0 Å². The molecular weight excluding hydrogens is 146 g/mol. The van der Waals surface area contributed by atoms with Crippen LogP contribution in [-0.2, 0) is 9.33 Å². The summed E-state index contributed by atoms with van der Waals surface area (Å²) in [6, 6.07) is 0. The summed E-state index contributed by atoms with van der Waals surface area (Å²) < 4.78 is 25.2. The van der Waals surface area contributed by atoms with Gasteiger partial charge in [-0.15, -0.1) is 0 Å². The smallest absolute Gasteiger partial charge is 0.273 e. The maximum atomic E-state index is 8.95. The van der Waals surface area contributed by atoms with Crippen molar-refractivity contribution in [2.24, 2.45) is 0 Å². The Morgan fingerprint density at radius 1 is 1.50 bits per heavy atom. The zero-order chi connectivity index (χ0) is 4.50. The number of hydrogen-bond donors (Lipinski definition) is 1. The standard InChI is InChI=1S/ClHO3S.P/c1-5(2,3)4;/h(H,2,3,4);. The molecule has 3 nitrogen and oxygen atoms in total. The van der Waals surface area contributed by atoms with Crippen LogP contribution in [0.3, 0.4) is 0 Å². The van der Waals surface area contributed by atoms with E-state index < -0.39 is 9.33 Å². The van der Waals surface area contributed by atoms with E-state index in [9.17, 15) is 0 Å².